The van der Waals surface area contributed by atoms with Crippen molar-refractivity contribution in [1.29, 1.82) is 0 Å². The number of carbonyl (C=O) groups excluding carboxylic acids is 1. The van der Waals surface area contributed by atoms with Crippen LogP contribution in [0.4, 0.5) is 0 Å². The number of hydrogen-bond donors (Lipinski definition) is 1. The van der Waals surface area contributed by atoms with Crippen LogP contribution >= 0.6 is 31.9 Å². The van der Waals surface area contributed by atoms with Gasteiger partial charge in [0.15, 0.2) is 0 Å². The number of aliphatic carboxylic acids is 1. The van der Waals surface area contributed by atoms with Gasteiger partial charge in [-0.25, -0.2) is 4.79 Å². The summed E-state index contributed by atoms with van der Waals surface area (Å²) >= 11 is 6.76. The molecule has 6 heteroatoms. The molecule has 1 aromatic rings. The van der Waals surface area contributed by atoms with Gasteiger partial charge >= 0.3 is 5.97 Å². The Labute approximate surface area is 121 Å². The molecule has 1 aliphatic rings. The highest BCUT2D eigenvalue weighted by molar-refractivity contribution is 9.13. The zero-order valence-electron chi connectivity index (χ0n) is 9.40. The van der Waals surface area contributed by atoms with Crippen molar-refractivity contribution in [3.8, 4) is 0 Å². The second-order valence-electron chi connectivity index (χ2n) is 4.16. The number of carbonyl (C=O) groups is 2. The molecule has 96 valence electrons. The third-order valence-electron chi connectivity index (χ3n) is 2.95. The molecular formula is C12H11Br2NO3. The number of halogens is 2. The third-order valence-corrected chi connectivity index (χ3v) is 4.83. The molecule has 1 heterocycles. The molecule has 0 bridgehead atoms. The quantitative estimate of drug-likeness (QED) is 0.882. The van der Waals surface area contributed by atoms with E-state index in [0.717, 1.165) is 14.5 Å². The van der Waals surface area contributed by atoms with E-state index in [1.54, 1.807) is 0 Å². The molecular weight excluding hydrogens is 366 g/mol. The summed E-state index contributed by atoms with van der Waals surface area (Å²) in [6, 6.07) is 4.93. The molecule has 2 rings (SSSR count). The van der Waals surface area contributed by atoms with Crippen LogP contribution in [0.1, 0.15) is 18.4 Å². The van der Waals surface area contributed by atoms with Gasteiger partial charge in [-0.2, -0.15) is 0 Å². The number of carboxylic acid groups (broad SMARTS) is 1. The van der Waals surface area contributed by atoms with Crippen LogP contribution in [-0.4, -0.2) is 27.9 Å². The molecule has 0 radical (unpaired) electrons. The zero-order chi connectivity index (χ0) is 13.3. The second-order valence-corrected chi connectivity index (χ2v) is 5.87. The minimum atomic E-state index is -0.933. The van der Waals surface area contributed by atoms with Gasteiger partial charge in [0, 0.05) is 21.9 Å². The molecule has 4 nitrogen and oxygen atoms in total. The van der Waals surface area contributed by atoms with Crippen LogP contribution in [0, 0.1) is 0 Å². The van der Waals surface area contributed by atoms with Crippen molar-refractivity contribution >= 4 is 43.7 Å². The van der Waals surface area contributed by atoms with Crippen molar-refractivity contribution in [3.05, 3.63) is 32.7 Å². The summed E-state index contributed by atoms with van der Waals surface area (Å²) in [5, 5.41) is 9.07. The van der Waals surface area contributed by atoms with Crippen molar-refractivity contribution in [1.82, 2.24) is 4.90 Å². The summed E-state index contributed by atoms with van der Waals surface area (Å²) in [4.78, 5) is 24.2. The Morgan fingerprint density at radius 1 is 1.39 bits per heavy atom. The SMILES string of the molecule is O=C(O)C1CCC(=O)N1Cc1ccc(Br)c(Br)c1. The Balaban J connectivity index is 2.18. The summed E-state index contributed by atoms with van der Waals surface area (Å²) in [6.45, 7) is 0.335. The van der Waals surface area contributed by atoms with E-state index in [1.807, 2.05) is 18.2 Å². The summed E-state index contributed by atoms with van der Waals surface area (Å²) in [6.07, 6.45) is 0.709. The van der Waals surface area contributed by atoms with E-state index >= 15 is 0 Å². The standard InChI is InChI=1S/C12H11Br2NO3/c13-8-2-1-7(5-9(8)14)6-15-10(12(17)18)3-4-11(15)16/h1-2,5,10H,3-4,6H2,(H,17,18). The van der Waals surface area contributed by atoms with Crippen molar-refractivity contribution in [2.75, 3.05) is 0 Å². The first-order valence-corrected chi connectivity index (χ1v) is 7.04. The van der Waals surface area contributed by atoms with Crippen molar-refractivity contribution in [2.24, 2.45) is 0 Å². The zero-order valence-corrected chi connectivity index (χ0v) is 12.6. The van der Waals surface area contributed by atoms with Crippen LogP contribution in [0.25, 0.3) is 0 Å². The molecule has 1 fully saturated rings. The van der Waals surface area contributed by atoms with Crippen molar-refractivity contribution in [3.63, 3.8) is 0 Å². The maximum Gasteiger partial charge on any atom is 0.326 e. The van der Waals surface area contributed by atoms with Crippen LogP contribution in [-0.2, 0) is 16.1 Å². The van der Waals surface area contributed by atoms with E-state index in [2.05, 4.69) is 31.9 Å². The number of likely N-dealkylation sites (tertiary alicyclic amines) is 1. The van der Waals surface area contributed by atoms with E-state index in [4.69, 9.17) is 5.11 Å². The number of amides is 1. The van der Waals surface area contributed by atoms with Crippen LogP contribution < -0.4 is 0 Å². The van der Waals surface area contributed by atoms with Gasteiger partial charge in [0.2, 0.25) is 5.91 Å². The molecule has 18 heavy (non-hydrogen) atoms. The molecule has 1 unspecified atom stereocenters. The summed E-state index contributed by atoms with van der Waals surface area (Å²) < 4.78 is 1.81. The van der Waals surface area contributed by atoms with E-state index < -0.39 is 12.0 Å². The molecule has 1 saturated heterocycles. The lowest BCUT2D eigenvalue weighted by Gasteiger charge is -2.21. The summed E-state index contributed by atoms with van der Waals surface area (Å²) in [5.41, 5.74) is 0.909. The van der Waals surface area contributed by atoms with Crippen molar-refractivity contribution in [2.45, 2.75) is 25.4 Å². The minimum Gasteiger partial charge on any atom is -0.480 e. The third kappa shape index (κ3) is 2.75. The molecule has 1 N–H and O–H groups in total. The normalized spacial score (nSPS) is 19.3. The van der Waals surface area contributed by atoms with Crippen LogP contribution in [0.3, 0.4) is 0 Å². The van der Waals surface area contributed by atoms with E-state index in [1.165, 1.54) is 4.90 Å². The van der Waals surface area contributed by atoms with Gasteiger partial charge < -0.3 is 10.0 Å². The molecule has 1 aliphatic heterocycles. The molecule has 1 amide bonds. The Kier molecular flexibility index (Phi) is 4.07. The van der Waals surface area contributed by atoms with E-state index in [9.17, 15) is 9.59 Å². The Hall–Kier alpha value is -0.880. The summed E-state index contributed by atoms with van der Waals surface area (Å²) in [7, 11) is 0. The fourth-order valence-corrected chi connectivity index (χ4v) is 2.70. The van der Waals surface area contributed by atoms with E-state index in [0.29, 0.717) is 19.4 Å². The van der Waals surface area contributed by atoms with Crippen LogP contribution in [0.15, 0.2) is 27.1 Å². The highest BCUT2D eigenvalue weighted by atomic mass is 79.9. The second kappa shape index (κ2) is 5.40. The fourth-order valence-electron chi connectivity index (χ4n) is 2.02. The first-order valence-electron chi connectivity index (χ1n) is 5.45. The Morgan fingerprint density at radius 3 is 2.72 bits per heavy atom. The largest absolute Gasteiger partial charge is 0.480 e. The molecule has 0 spiro atoms. The number of carboxylic acids is 1. The maximum absolute atomic E-state index is 11.7. The average Bonchev–Trinajstić information content (AvgIpc) is 2.66. The maximum atomic E-state index is 11.7. The monoisotopic (exact) mass is 375 g/mol. The van der Waals surface area contributed by atoms with Crippen LogP contribution in [0.5, 0.6) is 0 Å². The highest BCUT2D eigenvalue weighted by Gasteiger charge is 2.35. The molecule has 0 aliphatic carbocycles. The number of nitrogens with zero attached hydrogens (tertiary/aromatic N) is 1. The van der Waals surface area contributed by atoms with Gasteiger partial charge in [-0.1, -0.05) is 6.07 Å². The Morgan fingerprint density at radius 2 is 2.11 bits per heavy atom. The highest BCUT2D eigenvalue weighted by Crippen LogP contribution is 2.26. The molecule has 1 atom stereocenters. The lowest BCUT2D eigenvalue weighted by atomic mass is 10.2. The van der Waals surface area contributed by atoms with Gasteiger partial charge in [-0.15, -0.1) is 0 Å². The fraction of sp³-hybridized carbons (Fsp3) is 0.333. The smallest absolute Gasteiger partial charge is 0.326 e. The first kappa shape index (κ1) is 13.5. The topological polar surface area (TPSA) is 57.6 Å². The average molecular weight is 377 g/mol. The predicted molar refractivity (Wildman–Crippen MR) is 73.0 cm³/mol. The van der Waals surface area contributed by atoms with Gasteiger partial charge in [-0.3, -0.25) is 4.79 Å². The number of benzene rings is 1. The molecule has 0 aromatic heterocycles. The van der Waals surface area contributed by atoms with Gasteiger partial charge in [0.25, 0.3) is 0 Å². The van der Waals surface area contributed by atoms with Gasteiger partial charge in [0.05, 0.1) is 0 Å². The van der Waals surface area contributed by atoms with Gasteiger partial charge in [-0.05, 0) is 56.0 Å². The summed E-state index contributed by atoms with van der Waals surface area (Å²) in [5.74, 6) is -1.03. The Bertz CT molecular complexity index is 504. The van der Waals surface area contributed by atoms with Gasteiger partial charge in [0.1, 0.15) is 6.04 Å². The number of rotatable bonds is 3. The predicted octanol–water partition coefficient (Wildman–Crippen LogP) is 2.79. The van der Waals surface area contributed by atoms with Crippen molar-refractivity contribution < 1.29 is 14.7 Å². The van der Waals surface area contributed by atoms with Crippen LogP contribution in [0.2, 0.25) is 0 Å². The molecule has 0 saturated carbocycles. The lowest BCUT2D eigenvalue weighted by molar-refractivity contribution is -0.146. The number of hydrogen-bond acceptors (Lipinski definition) is 2. The van der Waals surface area contributed by atoms with E-state index in [-0.39, 0.29) is 5.91 Å². The minimum absolute atomic E-state index is 0.0959. The molecule has 1 aromatic carbocycles. The first-order chi connectivity index (χ1) is 8.49. The lowest BCUT2D eigenvalue weighted by Crippen LogP contribution is -2.37.